The van der Waals surface area contributed by atoms with Crippen molar-refractivity contribution in [1.29, 1.82) is 0 Å². The summed E-state index contributed by atoms with van der Waals surface area (Å²) in [5.41, 5.74) is 5.47. The van der Waals surface area contributed by atoms with Crippen molar-refractivity contribution in [2.24, 2.45) is 5.73 Å². The average Bonchev–Trinajstić information content (AvgIpc) is 2.57. The van der Waals surface area contributed by atoms with Gasteiger partial charge in [0, 0.05) is 29.6 Å². The number of benzene rings is 1. The van der Waals surface area contributed by atoms with Crippen molar-refractivity contribution in [2.75, 3.05) is 26.2 Å². The summed E-state index contributed by atoms with van der Waals surface area (Å²) in [6.45, 7) is 4.90. The zero-order valence-electron chi connectivity index (χ0n) is 13.9. The van der Waals surface area contributed by atoms with Gasteiger partial charge in [-0.25, -0.2) is 0 Å². The lowest BCUT2D eigenvalue weighted by molar-refractivity contribution is -0.132. The number of nitrogens with two attached hydrogens (primary N) is 1. The van der Waals surface area contributed by atoms with Gasteiger partial charge in [0.15, 0.2) is 0 Å². The van der Waals surface area contributed by atoms with Crippen LogP contribution in [-0.2, 0) is 9.53 Å². The number of carbonyl (C=O) groups excluding carboxylic acids is 1. The molecule has 0 aromatic heterocycles. The van der Waals surface area contributed by atoms with Crippen molar-refractivity contribution in [3.05, 3.63) is 29.3 Å². The van der Waals surface area contributed by atoms with Crippen LogP contribution in [0.25, 0.3) is 0 Å². The molecule has 0 radical (unpaired) electrons. The van der Waals surface area contributed by atoms with Gasteiger partial charge in [0.25, 0.3) is 0 Å². The molecule has 2 rings (SSSR count). The Morgan fingerprint density at radius 2 is 2.00 bits per heavy atom. The van der Waals surface area contributed by atoms with Gasteiger partial charge in [-0.05, 0) is 57.0 Å². The second-order valence-corrected chi connectivity index (χ2v) is 7.60. The van der Waals surface area contributed by atoms with E-state index in [9.17, 15) is 4.79 Å². The van der Waals surface area contributed by atoms with Crippen LogP contribution in [0, 0.1) is 0 Å². The second-order valence-electron chi connectivity index (χ2n) is 5.75. The molecule has 1 saturated heterocycles. The van der Waals surface area contributed by atoms with Crippen molar-refractivity contribution in [3.8, 4) is 0 Å². The van der Waals surface area contributed by atoms with Gasteiger partial charge in [-0.3, -0.25) is 4.79 Å². The monoisotopic (exact) mass is 392 g/mol. The molecule has 7 heteroatoms. The molecule has 0 bridgehead atoms. The molecular formula is C17H26Cl2N2O2S. The highest BCUT2D eigenvalue weighted by molar-refractivity contribution is 8.00. The maximum atomic E-state index is 12.6. The number of thioether (sulfide) groups is 1. The number of rotatable bonds is 7. The van der Waals surface area contributed by atoms with Crippen LogP contribution in [0.1, 0.15) is 26.2 Å². The topological polar surface area (TPSA) is 55.6 Å². The molecule has 1 fully saturated rings. The first-order valence-electron chi connectivity index (χ1n) is 8.13. The molecule has 0 spiro atoms. The standard InChI is InChI=1S/C17H25ClN2O2S.ClH/c1-13(23-16-5-3-14(18)4-6-16)17(21)20-10-7-15(8-11-20)22-12-2-9-19;/h3-6,13,15H,2,7-12,19H2,1H3;1H. The van der Waals surface area contributed by atoms with E-state index in [0.29, 0.717) is 11.6 Å². The summed E-state index contributed by atoms with van der Waals surface area (Å²) < 4.78 is 5.78. The zero-order chi connectivity index (χ0) is 16.7. The summed E-state index contributed by atoms with van der Waals surface area (Å²) in [5.74, 6) is 0.199. The predicted molar refractivity (Wildman–Crippen MR) is 103 cm³/mol. The van der Waals surface area contributed by atoms with E-state index in [1.54, 1.807) is 11.8 Å². The van der Waals surface area contributed by atoms with Gasteiger partial charge in [-0.15, -0.1) is 24.2 Å². The number of piperidine rings is 1. The highest BCUT2D eigenvalue weighted by Gasteiger charge is 2.26. The van der Waals surface area contributed by atoms with Crippen LogP contribution >= 0.6 is 35.8 Å². The number of nitrogens with zero attached hydrogens (tertiary/aromatic N) is 1. The highest BCUT2D eigenvalue weighted by Crippen LogP contribution is 2.27. The molecule has 1 unspecified atom stereocenters. The number of likely N-dealkylation sites (tertiary alicyclic amines) is 1. The minimum atomic E-state index is -0.0918. The molecule has 1 heterocycles. The summed E-state index contributed by atoms with van der Waals surface area (Å²) >= 11 is 7.47. The lowest BCUT2D eigenvalue weighted by Crippen LogP contribution is -2.44. The van der Waals surface area contributed by atoms with E-state index in [4.69, 9.17) is 22.1 Å². The first kappa shape index (κ1) is 21.6. The fourth-order valence-corrected chi connectivity index (χ4v) is 3.68. The van der Waals surface area contributed by atoms with E-state index >= 15 is 0 Å². The first-order chi connectivity index (χ1) is 11.1. The third kappa shape index (κ3) is 6.81. The van der Waals surface area contributed by atoms with Gasteiger partial charge < -0.3 is 15.4 Å². The Hall–Kier alpha value is -0.460. The smallest absolute Gasteiger partial charge is 0.235 e. The van der Waals surface area contributed by atoms with Crippen LogP contribution in [-0.4, -0.2) is 48.4 Å². The quantitative estimate of drug-likeness (QED) is 0.568. The number of halogens is 2. The molecule has 0 aliphatic carbocycles. The third-order valence-electron chi connectivity index (χ3n) is 3.93. The number of hydrogen-bond acceptors (Lipinski definition) is 4. The van der Waals surface area contributed by atoms with Gasteiger partial charge in [-0.1, -0.05) is 11.6 Å². The maximum Gasteiger partial charge on any atom is 0.235 e. The van der Waals surface area contributed by atoms with Crippen LogP contribution in [0.5, 0.6) is 0 Å². The third-order valence-corrected chi connectivity index (χ3v) is 5.28. The van der Waals surface area contributed by atoms with Gasteiger partial charge in [0.1, 0.15) is 0 Å². The Morgan fingerprint density at radius 3 is 2.58 bits per heavy atom. The van der Waals surface area contributed by atoms with E-state index in [2.05, 4.69) is 0 Å². The van der Waals surface area contributed by atoms with Crippen molar-refractivity contribution in [2.45, 2.75) is 42.4 Å². The van der Waals surface area contributed by atoms with E-state index in [0.717, 1.165) is 43.9 Å². The molecule has 4 nitrogen and oxygen atoms in total. The van der Waals surface area contributed by atoms with Crippen molar-refractivity contribution >= 4 is 41.7 Å². The normalized spacial score (nSPS) is 16.5. The summed E-state index contributed by atoms with van der Waals surface area (Å²) in [5, 5.41) is 0.621. The lowest BCUT2D eigenvalue weighted by Gasteiger charge is -2.33. The lowest BCUT2D eigenvalue weighted by atomic mass is 10.1. The first-order valence-corrected chi connectivity index (χ1v) is 9.38. The van der Waals surface area contributed by atoms with Crippen molar-refractivity contribution in [1.82, 2.24) is 4.90 Å². The summed E-state index contributed by atoms with van der Waals surface area (Å²) in [4.78, 5) is 15.6. The minimum absolute atomic E-state index is 0. The average molecular weight is 393 g/mol. The summed E-state index contributed by atoms with van der Waals surface area (Å²) in [6.07, 6.45) is 2.99. The number of hydrogen-bond donors (Lipinski definition) is 1. The van der Waals surface area contributed by atoms with Crippen LogP contribution in [0.4, 0.5) is 0 Å². The molecule has 1 atom stereocenters. The van der Waals surface area contributed by atoms with Gasteiger partial charge >= 0.3 is 0 Å². The number of ether oxygens (including phenoxy) is 1. The van der Waals surface area contributed by atoms with Crippen molar-refractivity contribution in [3.63, 3.8) is 0 Å². The zero-order valence-corrected chi connectivity index (χ0v) is 16.3. The van der Waals surface area contributed by atoms with Gasteiger partial charge in [0.2, 0.25) is 5.91 Å². The fraction of sp³-hybridized carbons (Fsp3) is 0.588. The van der Waals surface area contributed by atoms with Crippen molar-refractivity contribution < 1.29 is 9.53 Å². The Kier molecular flexibility index (Phi) is 10.1. The molecule has 1 aromatic carbocycles. The summed E-state index contributed by atoms with van der Waals surface area (Å²) in [7, 11) is 0. The Morgan fingerprint density at radius 1 is 1.38 bits per heavy atom. The van der Waals surface area contributed by atoms with Crippen LogP contribution in [0.15, 0.2) is 29.2 Å². The Balaban J connectivity index is 0.00000288. The largest absolute Gasteiger partial charge is 0.378 e. The molecule has 1 aliphatic heterocycles. The molecule has 24 heavy (non-hydrogen) atoms. The maximum absolute atomic E-state index is 12.6. The van der Waals surface area contributed by atoms with E-state index in [1.165, 1.54) is 0 Å². The SMILES string of the molecule is CC(Sc1ccc(Cl)cc1)C(=O)N1CCC(OCCCN)CC1.Cl. The molecule has 136 valence electrons. The molecule has 2 N–H and O–H groups in total. The molecule has 1 aliphatic rings. The Bertz CT molecular complexity index is 494. The van der Waals surface area contributed by atoms with E-state index in [-0.39, 0.29) is 29.7 Å². The fourth-order valence-electron chi connectivity index (χ4n) is 2.60. The molecule has 1 aromatic rings. The summed E-state index contributed by atoms with van der Waals surface area (Å²) in [6, 6.07) is 7.61. The Labute approximate surface area is 159 Å². The van der Waals surface area contributed by atoms with Crippen LogP contribution < -0.4 is 5.73 Å². The number of amides is 1. The van der Waals surface area contributed by atoms with Gasteiger partial charge in [-0.2, -0.15) is 0 Å². The minimum Gasteiger partial charge on any atom is -0.378 e. The highest BCUT2D eigenvalue weighted by atomic mass is 35.5. The van der Waals surface area contributed by atoms with E-state index in [1.807, 2.05) is 36.1 Å². The predicted octanol–water partition coefficient (Wildman–Crippen LogP) is 3.60. The van der Waals surface area contributed by atoms with Crippen LogP contribution in [0.3, 0.4) is 0 Å². The number of carbonyl (C=O) groups is 1. The van der Waals surface area contributed by atoms with Crippen LogP contribution in [0.2, 0.25) is 5.02 Å². The molecule has 0 saturated carbocycles. The van der Waals surface area contributed by atoms with Gasteiger partial charge in [0.05, 0.1) is 11.4 Å². The van der Waals surface area contributed by atoms with E-state index < -0.39 is 0 Å². The molecular weight excluding hydrogens is 367 g/mol. The molecule has 1 amide bonds. The second kappa shape index (κ2) is 11.2.